The van der Waals surface area contributed by atoms with Gasteiger partial charge in [-0.1, -0.05) is 54.6 Å². The zero-order chi connectivity index (χ0) is 26.6. The molecular weight excluding hydrogens is 470 g/mol. The first-order valence-electron chi connectivity index (χ1n) is 13.4. The molecule has 2 aliphatic rings. The van der Waals surface area contributed by atoms with Gasteiger partial charge in [-0.15, -0.1) is 0 Å². The molecule has 1 saturated carbocycles. The summed E-state index contributed by atoms with van der Waals surface area (Å²) in [5.74, 6) is -0.221. The summed E-state index contributed by atoms with van der Waals surface area (Å²) in [6.07, 6.45) is 9.79. The van der Waals surface area contributed by atoms with E-state index in [1.165, 1.54) is 46.9 Å². The van der Waals surface area contributed by atoms with Gasteiger partial charge in [0, 0.05) is 42.3 Å². The quantitative estimate of drug-likeness (QED) is 0.267. The van der Waals surface area contributed by atoms with Crippen LogP contribution in [-0.2, 0) is 11.2 Å². The van der Waals surface area contributed by atoms with E-state index in [9.17, 15) is 4.79 Å². The van der Waals surface area contributed by atoms with Crippen LogP contribution >= 0.6 is 0 Å². The van der Waals surface area contributed by atoms with E-state index in [0.717, 1.165) is 29.0 Å². The van der Waals surface area contributed by atoms with E-state index in [2.05, 4.69) is 71.4 Å². The third-order valence-corrected chi connectivity index (χ3v) is 7.54. The Morgan fingerprint density at radius 1 is 1.05 bits per heavy atom. The van der Waals surface area contributed by atoms with Crippen molar-refractivity contribution >= 4 is 29.5 Å². The van der Waals surface area contributed by atoms with Gasteiger partial charge >= 0.3 is 5.97 Å². The lowest BCUT2D eigenvalue weighted by Crippen LogP contribution is -2.43. The summed E-state index contributed by atoms with van der Waals surface area (Å²) >= 11 is 0. The number of hydrogen-bond acceptors (Lipinski definition) is 4. The lowest BCUT2D eigenvalue weighted by molar-refractivity contribution is -0.131. The Morgan fingerprint density at radius 3 is 2.39 bits per heavy atom. The number of carboxylic acid groups (broad SMARTS) is 1. The van der Waals surface area contributed by atoms with Crippen molar-refractivity contribution in [2.45, 2.75) is 51.1 Å². The van der Waals surface area contributed by atoms with Crippen molar-refractivity contribution in [3.63, 3.8) is 0 Å². The highest BCUT2D eigenvalue weighted by Crippen LogP contribution is 2.44. The Kier molecular flexibility index (Phi) is 7.45. The summed E-state index contributed by atoms with van der Waals surface area (Å²) in [5.41, 5.74) is 15.2. The van der Waals surface area contributed by atoms with Crippen LogP contribution in [0.1, 0.15) is 72.0 Å². The molecule has 0 saturated heterocycles. The van der Waals surface area contributed by atoms with E-state index in [1.807, 2.05) is 25.3 Å². The Balaban J connectivity index is 1.57. The van der Waals surface area contributed by atoms with E-state index in [-0.39, 0.29) is 12.1 Å². The van der Waals surface area contributed by atoms with E-state index < -0.39 is 5.97 Å². The molecule has 3 N–H and O–H groups in total. The van der Waals surface area contributed by atoms with Crippen molar-refractivity contribution in [2.75, 3.05) is 11.4 Å². The lowest BCUT2D eigenvalue weighted by Gasteiger charge is -2.44. The largest absolute Gasteiger partial charge is 0.478 e. The number of allylic oxidation sites excluding steroid dienone is 1. The standard InChI is InChI=1S/C33H35N3O2/c1-3-35-21-29(20-34)27-13-16-31-28(19-27)18-22(2)36(30-14-11-25(12-15-30)24-9-10-24)33(31)26-7-4-23(5-8-26)6-17-32(37)38/h4-8,11-17,19-22,24,33H,3,9-10,18,34H2,1-2H3,(H,37,38)/b17-6+,29-20?,35-21?. The van der Waals surface area contributed by atoms with Crippen LogP contribution in [0.3, 0.4) is 0 Å². The smallest absolute Gasteiger partial charge is 0.328 e. The first kappa shape index (κ1) is 25.5. The third-order valence-electron chi connectivity index (χ3n) is 7.54. The van der Waals surface area contributed by atoms with Gasteiger partial charge in [-0.25, -0.2) is 4.79 Å². The van der Waals surface area contributed by atoms with E-state index in [0.29, 0.717) is 6.54 Å². The monoisotopic (exact) mass is 505 g/mol. The molecule has 1 aliphatic carbocycles. The fraction of sp³-hybridized carbons (Fsp3) is 0.273. The molecule has 0 spiro atoms. The molecule has 2 unspecified atom stereocenters. The average molecular weight is 506 g/mol. The maximum atomic E-state index is 11.0. The van der Waals surface area contributed by atoms with Gasteiger partial charge in [-0.2, -0.15) is 0 Å². The van der Waals surface area contributed by atoms with Gasteiger partial charge in [0.05, 0.1) is 6.04 Å². The third kappa shape index (κ3) is 5.42. The number of fused-ring (bicyclic) bond motifs is 1. The average Bonchev–Trinajstić information content (AvgIpc) is 3.78. The van der Waals surface area contributed by atoms with Crippen molar-refractivity contribution in [1.29, 1.82) is 0 Å². The Bertz CT molecular complexity index is 1380. The van der Waals surface area contributed by atoms with Crippen molar-refractivity contribution in [2.24, 2.45) is 10.7 Å². The summed E-state index contributed by atoms with van der Waals surface area (Å²) in [4.78, 5) is 17.9. The van der Waals surface area contributed by atoms with Crippen LogP contribution in [0.15, 0.2) is 84.0 Å². The van der Waals surface area contributed by atoms with Crippen LogP contribution in [0.5, 0.6) is 0 Å². The zero-order valence-electron chi connectivity index (χ0n) is 22.0. The van der Waals surface area contributed by atoms with Crippen molar-refractivity contribution in [3.8, 4) is 0 Å². The Labute approximate surface area is 225 Å². The summed E-state index contributed by atoms with van der Waals surface area (Å²) in [7, 11) is 0. The first-order valence-corrected chi connectivity index (χ1v) is 13.4. The summed E-state index contributed by atoms with van der Waals surface area (Å²) in [6, 6.07) is 24.3. The predicted molar refractivity (Wildman–Crippen MR) is 157 cm³/mol. The van der Waals surface area contributed by atoms with Crippen molar-refractivity contribution < 1.29 is 9.90 Å². The second-order valence-electron chi connectivity index (χ2n) is 10.2. The molecule has 1 fully saturated rings. The second-order valence-corrected chi connectivity index (χ2v) is 10.2. The van der Waals surface area contributed by atoms with E-state index in [1.54, 1.807) is 12.3 Å². The van der Waals surface area contributed by atoms with Gasteiger partial charge in [0.15, 0.2) is 0 Å². The molecule has 3 aromatic rings. The normalized spacial score (nSPS) is 19.7. The molecule has 5 nitrogen and oxygen atoms in total. The van der Waals surface area contributed by atoms with Gasteiger partial charge in [-0.3, -0.25) is 4.99 Å². The van der Waals surface area contributed by atoms with Crippen molar-refractivity contribution in [1.82, 2.24) is 0 Å². The number of nitrogens with two attached hydrogens (primary N) is 1. The summed E-state index contributed by atoms with van der Waals surface area (Å²) < 4.78 is 0. The maximum Gasteiger partial charge on any atom is 0.328 e. The van der Waals surface area contributed by atoms with Gasteiger partial charge in [0.2, 0.25) is 0 Å². The molecule has 0 aromatic heterocycles. The predicted octanol–water partition coefficient (Wildman–Crippen LogP) is 6.59. The van der Waals surface area contributed by atoms with E-state index in [4.69, 9.17) is 10.8 Å². The number of aliphatic imine (C=N–C) groups is 1. The highest BCUT2D eigenvalue weighted by atomic mass is 16.4. The number of rotatable bonds is 8. The minimum absolute atomic E-state index is 0.0293. The van der Waals surface area contributed by atoms with E-state index >= 15 is 0 Å². The highest BCUT2D eigenvalue weighted by Gasteiger charge is 2.34. The van der Waals surface area contributed by atoms with Gasteiger partial charge in [0.25, 0.3) is 0 Å². The summed E-state index contributed by atoms with van der Waals surface area (Å²) in [5, 5.41) is 9.00. The number of carboxylic acids is 1. The SMILES string of the molecule is CCN=CC(=CN)c1ccc2c(c1)CC(C)N(c1ccc(C3CC3)cc1)C2c1ccc(/C=C/C(=O)O)cc1. The molecule has 0 radical (unpaired) electrons. The molecule has 5 heteroatoms. The van der Waals surface area contributed by atoms with Crippen LogP contribution in [0.4, 0.5) is 5.69 Å². The highest BCUT2D eigenvalue weighted by molar-refractivity contribution is 6.09. The minimum Gasteiger partial charge on any atom is -0.478 e. The molecular formula is C33H35N3O2. The number of anilines is 1. The molecule has 38 heavy (non-hydrogen) atoms. The molecule has 5 rings (SSSR count). The van der Waals surface area contributed by atoms with Gasteiger partial charge < -0.3 is 15.7 Å². The van der Waals surface area contributed by atoms with Crippen LogP contribution in [0.2, 0.25) is 0 Å². The zero-order valence-corrected chi connectivity index (χ0v) is 22.0. The minimum atomic E-state index is -0.949. The topological polar surface area (TPSA) is 78.9 Å². The lowest BCUT2D eigenvalue weighted by atomic mass is 9.83. The Hall–Kier alpha value is -4.12. The van der Waals surface area contributed by atoms with Gasteiger partial charge in [-0.05, 0) is 90.6 Å². The molecule has 1 aliphatic heterocycles. The molecule has 2 atom stereocenters. The molecule has 1 heterocycles. The number of aliphatic carboxylic acids is 1. The second kappa shape index (κ2) is 11.1. The first-order chi connectivity index (χ1) is 18.5. The number of nitrogens with zero attached hydrogens (tertiary/aromatic N) is 2. The maximum absolute atomic E-state index is 11.0. The van der Waals surface area contributed by atoms with Crippen LogP contribution < -0.4 is 10.6 Å². The van der Waals surface area contributed by atoms with Crippen LogP contribution in [0.25, 0.3) is 11.6 Å². The van der Waals surface area contributed by atoms with Gasteiger partial charge in [0.1, 0.15) is 0 Å². The number of benzene rings is 3. The Morgan fingerprint density at radius 2 is 1.76 bits per heavy atom. The van der Waals surface area contributed by atoms with Crippen LogP contribution in [0, 0.1) is 0 Å². The molecule has 3 aromatic carbocycles. The number of carbonyl (C=O) groups is 1. The molecule has 0 amide bonds. The fourth-order valence-electron chi connectivity index (χ4n) is 5.49. The molecule has 0 bridgehead atoms. The summed E-state index contributed by atoms with van der Waals surface area (Å²) in [6.45, 7) is 5.02. The molecule has 194 valence electrons. The fourth-order valence-corrected chi connectivity index (χ4v) is 5.49. The van der Waals surface area contributed by atoms with Crippen LogP contribution in [-0.4, -0.2) is 29.9 Å². The number of hydrogen-bond donors (Lipinski definition) is 2. The van der Waals surface area contributed by atoms with Crippen molar-refractivity contribution in [3.05, 3.63) is 112 Å².